The lowest BCUT2D eigenvalue weighted by Crippen LogP contribution is -1.82. The minimum absolute atomic E-state index is 0. The van der Waals surface area contributed by atoms with Gasteiger partial charge >= 0.3 is 0 Å². The quantitative estimate of drug-likeness (QED) is 0.831. The van der Waals surface area contributed by atoms with Crippen LogP contribution in [-0.4, -0.2) is 12.0 Å². The van der Waals surface area contributed by atoms with Crippen molar-refractivity contribution >= 4 is 33.8 Å². The number of benzene rings is 1. The van der Waals surface area contributed by atoms with Gasteiger partial charge in [-0.25, -0.2) is 0 Å². The molecule has 0 fully saturated rings. The Morgan fingerprint density at radius 3 is 1.92 bits per heavy atom. The van der Waals surface area contributed by atoms with Gasteiger partial charge in [0.15, 0.2) is 0 Å². The van der Waals surface area contributed by atoms with Crippen molar-refractivity contribution in [3.63, 3.8) is 0 Å². The molecular weight excluding hydrogens is 234 g/mol. The van der Waals surface area contributed by atoms with E-state index in [1.54, 1.807) is 31.4 Å². The summed E-state index contributed by atoms with van der Waals surface area (Å²) in [5.41, 5.74) is 0. The topological polar surface area (TPSA) is 38.7 Å². The molecule has 0 radical (unpaired) electrons. The van der Waals surface area contributed by atoms with Crippen molar-refractivity contribution in [2.75, 3.05) is 7.11 Å². The van der Waals surface area contributed by atoms with Gasteiger partial charge in [0.2, 0.25) is 9.03 Å². The first kappa shape index (κ1) is 15.3. The molecule has 13 heavy (non-hydrogen) atoms. The van der Waals surface area contributed by atoms with Crippen molar-refractivity contribution in [2.24, 2.45) is 0 Å². The number of halogens is 2. The van der Waals surface area contributed by atoms with Crippen molar-refractivity contribution in [2.45, 2.75) is 0 Å². The Balaban J connectivity index is 0. The van der Waals surface area contributed by atoms with Gasteiger partial charge in [-0.2, -0.15) is 0 Å². The number of hydrogen-bond acceptors (Lipinski definition) is 3. The summed E-state index contributed by atoms with van der Waals surface area (Å²) in [5.74, 6) is 1.42. The van der Waals surface area contributed by atoms with E-state index in [9.17, 15) is 0 Å². The van der Waals surface area contributed by atoms with Crippen LogP contribution in [0.3, 0.4) is 0 Å². The van der Waals surface area contributed by atoms with E-state index in [1.807, 2.05) is 0 Å². The molecule has 0 saturated carbocycles. The van der Waals surface area contributed by atoms with E-state index in [0.717, 1.165) is 5.75 Å². The zero-order valence-corrected chi connectivity index (χ0v) is 9.52. The van der Waals surface area contributed by atoms with Gasteiger partial charge in [-0.15, -0.1) is 24.8 Å². The smallest absolute Gasteiger partial charge is 0.212 e. The molecule has 1 unspecified atom stereocenters. The summed E-state index contributed by atoms with van der Waals surface area (Å²) in [7, 11) is 1.09. The van der Waals surface area contributed by atoms with Crippen LogP contribution in [0.15, 0.2) is 24.3 Å². The maximum absolute atomic E-state index is 8.42. The van der Waals surface area contributed by atoms with Gasteiger partial charge in [-0.1, -0.05) is 0 Å². The molecule has 1 aromatic carbocycles. The van der Waals surface area contributed by atoms with Gasteiger partial charge in [-0.3, -0.25) is 0 Å². The second kappa shape index (κ2) is 8.39. The van der Waals surface area contributed by atoms with Crippen molar-refractivity contribution < 1.29 is 14.2 Å². The van der Waals surface area contributed by atoms with Gasteiger partial charge in [0.1, 0.15) is 11.5 Å². The number of ether oxygens (including phenoxy) is 1. The van der Waals surface area contributed by atoms with E-state index in [4.69, 9.17) is 14.2 Å². The van der Waals surface area contributed by atoms with Gasteiger partial charge in [0.05, 0.1) is 7.11 Å². The summed E-state index contributed by atoms with van der Waals surface area (Å²) < 4.78 is 9.76. The zero-order chi connectivity index (χ0) is 8.10. The normalized spacial score (nSPS) is 8.77. The van der Waals surface area contributed by atoms with Gasteiger partial charge < -0.3 is 14.2 Å². The average Bonchev–Trinajstić information content (AvgIpc) is 2.07. The molecule has 0 aliphatic carbocycles. The van der Waals surface area contributed by atoms with Crippen molar-refractivity contribution in [1.29, 1.82) is 0 Å². The highest BCUT2D eigenvalue weighted by atomic mass is 35.5. The zero-order valence-electron chi connectivity index (χ0n) is 6.89. The fraction of sp³-hybridized carbons (Fsp3) is 0.143. The van der Waals surface area contributed by atoms with E-state index in [0.29, 0.717) is 5.75 Å². The lowest BCUT2D eigenvalue weighted by Gasteiger charge is -2.01. The third kappa shape index (κ3) is 5.17. The molecule has 1 rings (SSSR count). The first-order chi connectivity index (χ1) is 5.36. The molecule has 1 N–H and O–H groups in total. The van der Waals surface area contributed by atoms with E-state index in [-0.39, 0.29) is 24.8 Å². The minimum atomic E-state index is -0.508. The molecular formula is C7H11Cl2O3P. The average molecular weight is 245 g/mol. The predicted octanol–water partition coefficient (Wildman–Crippen LogP) is 2.42. The predicted molar refractivity (Wildman–Crippen MR) is 58.7 cm³/mol. The Morgan fingerprint density at radius 1 is 1.08 bits per heavy atom. The SMILES string of the molecule is COc1ccc(OPO)cc1.Cl.Cl. The van der Waals surface area contributed by atoms with Crippen molar-refractivity contribution in [3.8, 4) is 11.5 Å². The van der Waals surface area contributed by atoms with E-state index >= 15 is 0 Å². The van der Waals surface area contributed by atoms with Crippen molar-refractivity contribution in [3.05, 3.63) is 24.3 Å². The van der Waals surface area contributed by atoms with Crippen LogP contribution < -0.4 is 9.26 Å². The Hall–Kier alpha value is -0.210. The third-order valence-corrected chi connectivity index (χ3v) is 1.55. The fourth-order valence-corrected chi connectivity index (χ4v) is 0.938. The molecule has 6 heteroatoms. The Morgan fingerprint density at radius 2 is 1.54 bits per heavy atom. The van der Waals surface area contributed by atoms with Crippen molar-refractivity contribution in [1.82, 2.24) is 0 Å². The van der Waals surface area contributed by atoms with Crippen LogP contribution in [0.1, 0.15) is 0 Å². The first-order valence-corrected chi connectivity index (χ1v) is 3.92. The number of methoxy groups -OCH3 is 1. The molecule has 0 saturated heterocycles. The largest absolute Gasteiger partial charge is 0.497 e. The van der Waals surface area contributed by atoms with Crippen LogP contribution in [0.25, 0.3) is 0 Å². The Labute approximate surface area is 91.2 Å². The number of rotatable bonds is 3. The molecule has 76 valence electrons. The summed E-state index contributed by atoms with van der Waals surface area (Å²) in [6.45, 7) is 0. The van der Waals surface area contributed by atoms with Crippen LogP contribution in [0.2, 0.25) is 0 Å². The maximum Gasteiger partial charge on any atom is 0.212 e. The highest BCUT2D eigenvalue weighted by molar-refractivity contribution is 7.25. The Bertz CT molecular complexity index is 217. The van der Waals surface area contributed by atoms with Gasteiger partial charge in [-0.05, 0) is 24.3 Å². The molecule has 0 bridgehead atoms. The molecule has 0 aliphatic heterocycles. The van der Waals surface area contributed by atoms with E-state index in [1.165, 1.54) is 0 Å². The summed E-state index contributed by atoms with van der Waals surface area (Å²) in [6, 6.07) is 7.02. The Kier molecular flexibility index (Phi) is 9.86. The lowest BCUT2D eigenvalue weighted by atomic mass is 10.3. The van der Waals surface area contributed by atoms with E-state index in [2.05, 4.69) is 0 Å². The minimum Gasteiger partial charge on any atom is -0.497 e. The summed E-state index contributed by atoms with van der Waals surface area (Å²) in [6.07, 6.45) is 0. The molecule has 1 atom stereocenters. The van der Waals surface area contributed by atoms with Crippen LogP contribution in [0.4, 0.5) is 0 Å². The highest BCUT2D eigenvalue weighted by Gasteiger charge is 1.92. The first-order valence-electron chi connectivity index (χ1n) is 3.07. The summed E-state index contributed by atoms with van der Waals surface area (Å²) in [5, 5.41) is 0. The highest BCUT2D eigenvalue weighted by Crippen LogP contribution is 2.20. The molecule has 0 aliphatic rings. The molecule has 0 amide bonds. The molecule has 3 nitrogen and oxygen atoms in total. The lowest BCUT2D eigenvalue weighted by molar-refractivity contribution is 0.414. The molecule has 0 aromatic heterocycles. The summed E-state index contributed by atoms with van der Waals surface area (Å²) >= 11 is 0. The maximum atomic E-state index is 8.42. The third-order valence-electron chi connectivity index (χ3n) is 1.22. The fourth-order valence-electron chi connectivity index (χ4n) is 0.696. The van der Waals surface area contributed by atoms with E-state index < -0.39 is 9.03 Å². The second-order valence-corrected chi connectivity index (χ2v) is 2.26. The molecule has 0 heterocycles. The van der Waals surface area contributed by atoms with Crippen LogP contribution >= 0.6 is 33.8 Å². The molecule has 0 spiro atoms. The van der Waals surface area contributed by atoms with Crippen LogP contribution in [0, 0.1) is 0 Å². The second-order valence-electron chi connectivity index (χ2n) is 1.87. The summed E-state index contributed by atoms with van der Waals surface area (Å²) in [4.78, 5) is 8.42. The van der Waals surface area contributed by atoms with Crippen LogP contribution in [0.5, 0.6) is 11.5 Å². The van der Waals surface area contributed by atoms with Gasteiger partial charge in [0.25, 0.3) is 0 Å². The molecule has 1 aromatic rings. The standard InChI is InChI=1S/C7H9O3P.2ClH/c1-9-6-2-4-7(5-3-6)10-11-8;;/h2-5,8,11H,1H3;2*1H. The van der Waals surface area contributed by atoms with Gasteiger partial charge in [0, 0.05) is 0 Å². The van der Waals surface area contributed by atoms with Crippen LogP contribution in [-0.2, 0) is 0 Å². The number of hydrogen-bond donors (Lipinski definition) is 1. The monoisotopic (exact) mass is 244 g/mol.